The van der Waals surface area contributed by atoms with E-state index in [0.29, 0.717) is 37.8 Å². The van der Waals surface area contributed by atoms with Gasteiger partial charge in [-0.2, -0.15) is 0 Å². The summed E-state index contributed by atoms with van der Waals surface area (Å²) in [4.78, 5) is 42.9. The van der Waals surface area contributed by atoms with Gasteiger partial charge in [-0.15, -0.1) is 0 Å². The second-order valence-electron chi connectivity index (χ2n) is 19.1. The third kappa shape index (κ3) is 15.3. The minimum absolute atomic E-state index is 0.0493. The van der Waals surface area contributed by atoms with Crippen LogP contribution in [0.15, 0.2) is 36.4 Å². The first-order chi connectivity index (χ1) is 31.6. The molecule has 2 aromatic carbocycles. The van der Waals surface area contributed by atoms with Crippen LogP contribution < -0.4 is 24.3 Å². The molecule has 4 aliphatic heterocycles. The number of benzene rings is 2. The molecular formula is C51H80B3N4O8. The number of ether oxygens (including phenoxy) is 5. The largest absolute Gasteiger partial charge is 0.496 e. The molecule has 0 aliphatic carbocycles. The van der Waals surface area contributed by atoms with E-state index in [0.717, 1.165) is 152 Å². The Labute approximate surface area is 401 Å². The maximum Gasteiger partial charge on any atom is 0.410 e. The van der Waals surface area contributed by atoms with Crippen molar-refractivity contribution in [3.05, 3.63) is 47.5 Å². The van der Waals surface area contributed by atoms with Crippen molar-refractivity contribution in [1.29, 1.82) is 0 Å². The van der Waals surface area contributed by atoms with Crippen LogP contribution in [0.2, 0.25) is 0 Å². The van der Waals surface area contributed by atoms with Gasteiger partial charge < -0.3 is 43.7 Å². The third-order valence-electron chi connectivity index (χ3n) is 13.7. The lowest BCUT2D eigenvalue weighted by molar-refractivity contribution is -0.131. The number of amides is 3. The Morgan fingerprint density at radius 1 is 0.712 bits per heavy atom. The van der Waals surface area contributed by atoms with Crippen LogP contribution in [0, 0.1) is 0 Å². The van der Waals surface area contributed by atoms with E-state index in [1.165, 1.54) is 5.56 Å². The molecule has 66 heavy (non-hydrogen) atoms. The van der Waals surface area contributed by atoms with E-state index >= 15 is 0 Å². The number of carbonyl (C=O) groups is 3. The highest BCUT2D eigenvalue weighted by molar-refractivity contribution is 7.17. The van der Waals surface area contributed by atoms with Gasteiger partial charge in [0.2, 0.25) is 11.8 Å². The summed E-state index contributed by atoms with van der Waals surface area (Å²) >= 11 is 0. The van der Waals surface area contributed by atoms with Gasteiger partial charge in [-0.25, -0.2) is 4.79 Å². The summed E-state index contributed by atoms with van der Waals surface area (Å²) in [5.41, 5.74) is 1.53. The smallest absolute Gasteiger partial charge is 0.410 e. The Kier molecular flexibility index (Phi) is 21.9. The number of likely N-dealkylation sites (tertiary alicyclic amines) is 1. The van der Waals surface area contributed by atoms with E-state index < -0.39 is 5.60 Å². The second-order valence-corrected chi connectivity index (χ2v) is 19.1. The van der Waals surface area contributed by atoms with Crippen LogP contribution in [0.1, 0.15) is 161 Å². The molecule has 2 aromatic rings. The summed E-state index contributed by atoms with van der Waals surface area (Å²) in [5, 5.41) is 3.46. The van der Waals surface area contributed by atoms with Crippen LogP contribution in [0.5, 0.6) is 23.0 Å². The number of nitrogens with zero attached hydrogens (tertiary/aromatic N) is 3. The number of unbranched alkanes of at least 4 members (excludes halogenated alkanes) is 2. The van der Waals surface area contributed by atoms with Crippen LogP contribution in [-0.4, -0.2) is 139 Å². The summed E-state index contributed by atoms with van der Waals surface area (Å²) in [6, 6.07) is 12.2. The average Bonchev–Trinajstić information content (AvgIpc) is 3.29. The van der Waals surface area contributed by atoms with Crippen molar-refractivity contribution in [2.24, 2.45) is 0 Å². The predicted octanol–water partition coefficient (Wildman–Crippen LogP) is 8.73. The Hall–Kier alpha value is -4.00. The molecule has 3 amide bonds. The van der Waals surface area contributed by atoms with Crippen molar-refractivity contribution < 1.29 is 38.1 Å². The molecule has 2 atom stereocenters. The molecule has 1 N–H and O–H groups in total. The molecule has 4 heterocycles. The number of fused-ring (bicyclic) bond motifs is 2. The highest BCUT2D eigenvalue weighted by atomic mass is 16.6. The van der Waals surface area contributed by atoms with Crippen molar-refractivity contribution in [1.82, 2.24) is 20.0 Å². The van der Waals surface area contributed by atoms with E-state index in [2.05, 4.69) is 26.9 Å². The van der Waals surface area contributed by atoms with E-state index in [1.807, 2.05) is 88.6 Å². The molecule has 15 heteroatoms. The normalized spacial score (nSPS) is 18.9. The zero-order chi connectivity index (χ0) is 48.3. The zero-order valence-corrected chi connectivity index (χ0v) is 42.0. The summed E-state index contributed by atoms with van der Waals surface area (Å²) in [6.45, 7) is 20.3. The van der Waals surface area contributed by atoms with Crippen LogP contribution in [0.4, 0.5) is 4.79 Å². The number of methoxy groups -OCH3 is 2. The molecule has 2 fully saturated rings. The third-order valence-corrected chi connectivity index (χ3v) is 13.7. The molecule has 2 spiro atoms. The van der Waals surface area contributed by atoms with E-state index in [1.54, 1.807) is 19.1 Å². The molecule has 2 saturated heterocycles. The summed E-state index contributed by atoms with van der Waals surface area (Å²) < 4.78 is 30.2. The minimum atomic E-state index is -0.499. The second kappa shape index (κ2) is 26.5. The maximum absolute atomic E-state index is 12.6. The number of nitrogens with one attached hydrogen (secondary N) is 1. The van der Waals surface area contributed by atoms with Crippen molar-refractivity contribution in [2.45, 2.75) is 167 Å². The highest BCUT2D eigenvalue weighted by Crippen LogP contribution is 2.51. The van der Waals surface area contributed by atoms with Crippen LogP contribution in [-0.2, 0) is 14.3 Å². The average molecular weight is 910 g/mol. The van der Waals surface area contributed by atoms with Gasteiger partial charge in [0.1, 0.15) is 39.8 Å². The fraction of sp³-hybridized carbons (Fsp3) is 0.706. The first-order valence-corrected chi connectivity index (χ1v) is 24.9. The molecule has 361 valence electrons. The van der Waals surface area contributed by atoms with Gasteiger partial charge in [0, 0.05) is 98.6 Å². The highest BCUT2D eigenvalue weighted by Gasteiger charge is 2.46. The van der Waals surface area contributed by atoms with Crippen LogP contribution >= 0.6 is 0 Å². The number of hydrogen-bond acceptors (Lipinski definition) is 9. The van der Waals surface area contributed by atoms with E-state index in [9.17, 15) is 14.4 Å². The lowest BCUT2D eigenvalue weighted by atomic mass is 9.40. The quantitative estimate of drug-likeness (QED) is 0.130. The molecule has 0 aromatic heterocycles. The van der Waals surface area contributed by atoms with Crippen molar-refractivity contribution >= 4 is 40.4 Å². The van der Waals surface area contributed by atoms with Crippen molar-refractivity contribution in [3.63, 3.8) is 0 Å². The van der Waals surface area contributed by atoms with Gasteiger partial charge in [0.05, 0.1) is 14.2 Å². The molecule has 0 bridgehead atoms. The van der Waals surface area contributed by atoms with Gasteiger partial charge in [0.15, 0.2) is 0 Å². The Morgan fingerprint density at radius 3 is 1.50 bits per heavy atom. The maximum atomic E-state index is 12.6. The summed E-state index contributed by atoms with van der Waals surface area (Å²) in [6.07, 6.45) is 12.6. The van der Waals surface area contributed by atoms with Crippen molar-refractivity contribution in [3.8, 4) is 23.0 Å². The number of rotatable bonds is 16. The number of carbonyl (C=O) groups excluding carboxylic acids is 3. The molecule has 6 rings (SSSR count). The van der Waals surface area contributed by atoms with Gasteiger partial charge >= 0.3 is 6.09 Å². The molecule has 4 aliphatic rings. The summed E-state index contributed by atoms with van der Waals surface area (Å²) in [5.74, 6) is 4.95. The van der Waals surface area contributed by atoms with Gasteiger partial charge in [-0.3, -0.25) is 9.59 Å². The fourth-order valence-corrected chi connectivity index (χ4v) is 10.3. The first kappa shape index (κ1) is 54.6. The Morgan fingerprint density at radius 2 is 1.12 bits per heavy atom. The van der Waals surface area contributed by atoms with Crippen LogP contribution in [0.3, 0.4) is 0 Å². The number of hydrogen-bond donors (Lipinski definition) is 1. The van der Waals surface area contributed by atoms with Gasteiger partial charge in [-0.1, -0.05) is 25.0 Å². The molecule has 0 saturated carbocycles. The molecule has 2 unspecified atom stereocenters. The predicted molar refractivity (Wildman–Crippen MR) is 267 cm³/mol. The first-order valence-electron chi connectivity index (χ1n) is 24.9. The monoisotopic (exact) mass is 910 g/mol. The van der Waals surface area contributed by atoms with Crippen molar-refractivity contribution in [2.75, 3.05) is 66.6 Å². The minimum Gasteiger partial charge on any atom is -0.496 e. The Balaban J connectivity index is 0.000000278. The molecule has 5 radical (unpaired) electrons. The molecule has 12 nitrogen and oxygen atoms in total. The number of piperidine rings is 2. The zero-order valence-electron chi connectivity index (χ0n) is 42.0. The molecular weight excluding hydrogens is 829 g/mol. The van der Waals surface area contributed by atoms with E-state index in [4.69, 9.17) is 23.7 Å². The summed E-state index contributed by atoms with van der Waals surface area (Å²) in [7, 11) is 13.4. The topological polar surface area (TPSA) is 119 Å². The van der Waals surface area contributed by atoms with Crippen LogP contribution in [0.25, 0.3) is 0 Å². The van der Waals surface area contributed by atoms with E-state index in [-0.39, 0.29) is 29.1 Å². The standard InChI is InChI=1S/C28H44N2O5.C23H36N2O3.B3/c1-7-29(8-2)24(31)15-10-9-12-21-20-28(34-23-14-11-13-22(33-6)25(21)23)16-18-30(19-17-28)26(32)35-27(3,4)5;1-4-25(5-2)21(26)12-7-6-9-18-17-23(13-15-24-16-14-23)28-20-11-8-10-19(27-3)22(18)20;1-3-2/h11,13-14,21H,7-10,12,15-20H2,1-6H3;8,10-11,18,24H,4-7,9,12-17H2,1-3H3;. The SMILES string of the molecule is CCN(CC)C(=O)CCCCC1CC2(CCN(C(=O)OC(C)(C)C)CC2)Oc2cccc(OC)c21.CCN(CC)C(=O)CCCCC1CC2(CCNCC2)Oc2cccc(OC)c21.[B][B][B]. The Bertz CT molecular complexity index is 1810. The lowest BCUT2D eigenvalue weighted by Gasteiger charge is -2.47. The lowest BCUT2D eigenvalue weighted by Crippen LogP contribution is -2.52. The van der Waals surface area contributed by atoms with Gasteiger partial charge in [0.25, 0.3) is 0 Å². The van der Waals surface area contributed by atoms with Gasteiger partial charge in [-0.05, 0) is 149 Å². The fourth-order valence-electron chi connectivity index (χ4n) is 10.3.